The van der Waals surface area contributed by atoms with Crippen LogP contribution in [0.2, 0.25) is 0 Å². The third-order valence-corrected chi connectivity index (χ3v) is 4.01. The normalized spacial score (nSPS) is 12.1. The van der Waals surface area contributed by atoms with Crippen molar-refractivity contribution in [2.24, 2.45) is 0 Å². The summed E-state index contributed by atoms with van der Waals surface area (Å²) < 4.78 is 75.4. The molecule has 0 bridgehead atoms. The van der Waals surface area contributed by atoms with E-state index < -0.39 is 42.1 Å². The lowest BCUT2D eigenvalue weighted by atomic mass is 10.3. The van der Waals surface area contributed by atoms with E-state index in [0.717, 1.165) is 12.1 Å². The summed E-state index contributed by atoms with van der Waals surface area (Å²) in [6, 6.07) is 2.27. The van der Waals surface area contributed by atoms with E-state index in [1.807, 2.05) is 6.33 Å². The van der Waals surface area contributed by atoms with E-state index in [1.165, 1.54) is 0 Å². The van der Waals surface area contributed by atoms with Crippen LogP contribution in [0.4, 0.5) is 16.0 Å². The van der Waals surface area contributed by atoms with Crippen molar-refractivity contribution in [1.29, 1.82) is 0 Å². The maximum Gasteiger partial charge on any atom is 0.314 e. The van der Waals surface area contributed by atoms with Crippen LogP contribution in [0.3, 0.4) is 0 Å². The minimum atomic E-state index is -4.86. The highest BCUT2D eigenvalue weighted by atomic mass is 32.2. The molecule has 0 atom stereocenters. The third-order valence-electron chi connectivity index (χ3n) is 2.27. The van der Waals surface area contributed by atoms with Crippen molar-refractivity contribution in [3.05, 3.63) is 30.6 Å². The highest BCUT2D eigenvalue weighted by molar-refractivity contribution is 7.86. The van der Waals surface area contributed by atoms with Crippen LogP contribution < -0.4 is 5.32 Å². The molecule has 0 saturated heterocycles. The number of hydrogen-bond donors (Lipinski definition) is 3. The zero-order valence-electron chi connectivity index (χ0n) is 10.3. The molecule has 0 aliphatic heterocycles. The van der Waals surface area contributed by atoms with Gasteiger partial charge < -0.3 is 5.32 Å². The molecule has 1 aromatic carbocycles. The van der Waals surface area contributed by atoms with Gasteiger partial charge in [0, 0.05) is 0 Å². The lowest BCUT2D eigenvalue weighted by molar-refractivity contribution is 0.481. The molecule has 117 valence electrons. The van der Waals surface area contributed by atoms with Gasteiger partial charge in [-0.3, -0.25) is 9.11 Å². The maximum atomic E-state index is 12.8. The second-order valence-electron chi connectivity index (χ2n) is 3.76. The Kier molecular flexibility index (Phi) is 4.06. The second-order valence-corrected chi connectivity index (χ2v) is 6.57. The minimum absolute atomic E-state index is 0.353. The first-order chi connectivity index (χ1) is 10.1. The van der Waals surface area contributed by atoms with Crippen LogP contribution in [-0.4, -0.2) is 40.9 Å². The molecule has 2 aromatic rings. The van der Waals surface area contributed by atoms with Gasteiger partial charge in [0.2, 0.25) is 12.3 Å². The molecule has 0 spiro atoms. The van der Waals surface area contributed by atoms with Crippen molar-refractivity contribution in [3.63, 3.8) is 0 Å². The van der Waals surface area contributed by atoms with E-state index in [9.17, 15) is 21.2 Å². The van der Waals surface area contributed by atoms with Crippen LogP contribution in [0.1, 0.15) is 0 Å². The van der Waals surface area contributed by atoms with Crippen LogP contribution in [0.15, 0.2) is 28.0 Å². The number of halogens is 1. The third kappa shape index (κ3) is 3.70. The zero-order valence-corrected chi connectivity index (χ0v) is 11.9. The summed E-state index contributed by atoms with van der Waals surface area (Å²) in [5, 5.41) is 2.25. The number of anilines is 2. The molecule has 1 aromatic heterocycles. The fraction of sp³-hybridized carbons (Fsp3) is 0. The number of benzene rings is 1. The first kappa shape index (κ1) is 16.2. The number of aromatic nitrogens is 3. The Morgan fingerprint density at radius 3 is 2.32 bits per heavy atom. The van der Waals surface area contributed by atoms with Gasteiger partial charge in [0.25, 0.3) is 20.2 Å². The molecule has 22 heavy (non-hydrogen) atoms. The molecule has 0 unspecified atom stereocenters. The zero-order chi connectivity index (χ0) is 16.5. The van der Waals surface area contributed by atoms with E-state index in [-0.39, 0.29) is 5.69 Å². The van der Waals surface area contributed by atoms with Gasteiger partial charge in [0.15, 0.2) is 0 Å². The Hall–Kier alpha value is -2.22. The van der Waals surface area contributed by atoms with Gasteiger partial charge in [-0.05, 0) is 18.2 Å². The van der Waals surface area contributed by atoms with Crippen LogP contribution in [0.5, 0.6) is 0 Å². The summed E-state index contributed by atoms with van der Waals surface area (Å²) in [6.45, 7) is 0. The Balaban J connectivity index is 2.57. The van der Waals surface area contributed by atoms with Crippen LogP contribution in [0, 0.1) is 12.4 Å². The number of hydrogen-bond acceptors (Lipinski definition) is 8. The molecule has 0 aliphatic carbocycles. The van der Waals surface area contributed by atoms with E-state index in [0.29, 0.717) is 6.07 Å². The monoisotopic (exact) mass is 349 g/mol. The summed E-state index contributed by atoms with van der Waals surface area (Å²) in [6.07, 6.45) is 0.702. The molecule has 0 aliphatic rings. The minimum Gasteiger partial charge on any atom is -0.323 e. The molecule has 10 nitrogen and oxygen atoms in total. The summed E-state index contributed by atoms with van der Waals surface area (Å²) in [5.74, 6) is -0.433. The molecule has 0 fully saturated rings. The molecular formula is C9H6FN4O6S2. The van der Waals surface area contributed by atoms with Crippen LogP contribution in [0.25, 0.3) is 0 Å². The van der Waals surface area contributed by atoms with Crippen LogP contribution >= 0.6 is 0 Å². The van der Waals surface area contributed by atoms with Crippen molar-refractivity contribution in [1.82, 2.24) is 15.0 Å². The average Bonchev–Trinajstić information content (AvgIpc) is 2.36. The molecule has 0 amide bonds. The van der Waals surface area contributed by atoms with E-state index >= 15 is 0 Å². The van der Waals surface area contributed by atoms with E-state index in [1.54, 1.807) is 0 Å². The summed E-state index contributed by atoms with van der Waals surface area (Å²) in [7, 11) is -9.55. The second kappa shape index (κ2) is 5.53. The van der Waals surface area contributed by atoms with Crippen LogP contribution in [-0.2, 0) is 20.2 Å². The Labute approximate surface area is 123 Å². The van der Waals surface area contributed by atoms with Gasteiger partial charge in [0.1, 0.15) is 4.90 Å². The van der Waals surface area contributed by atoms with Gasteiger partial charge in [-0.15, -0.1) is 0 Å². The molecule has 3 N–H and O–H groups in total. The summed E-state index contributed by atoms with van der Waals surface area (Å²) in [4.78, 5) is 7.89. The van der Waals surface area contributed by atoms with Crippen molar-refractivity contribution in [2.45, 2.75) is 9.79 Å². The molecule has 1 heterocycles. The predicted octanol–water partition coefficient (Wildman–Crippen LogP) is 0.0479. The Bertz CT molecular complexity index is 931. The van der Waals surface area contributed by atoms with Crippen molar-refractivity contribution >= 4 is 31.9 Å². The smallest absolute Gasteiger partial charge is 0.314 e. The van der Waals surface area contributed by atoms with Gasteiger partial charge in [-0.2, -0.15) is 36.2 Å². The quantitative estimate of drug-likeness (QED) is 0.643. The maximum absolute atomic E-state index is 12.8. The summed E-state index contributed by atoms with van der Waals surface area (Å²) >= 11 is 0. The van der Waals surface area contributed by atoms with Gasteiger partial charge in [0.05, 0.1) is 10.6 Å². The van der Waals surface area contributed by atoms with Gasteiger partial charge in [-0.25, -0.2) is 0 Å². The fourth-order valence-electron chi connectivity index (χ4n) is 1.41. The summed E-state index contributed by atoms with van der Waals surface area (Å²) in [5.41, 5.74) is -0.353. The van der Waals surface area contributed by atoms with Crippen molar-refractivity contribution in [3.8, 4) is 0 Å². The molecule has 13 heteroatoms. The molecule has 2 rings (SSSR count). The highest BCUT2D eigenvalue weighted by Gasteiger charge is 2.21. The first-order valence-corrected chi connectivity index (χ1v) is 8.09. The average molecular weight is 349 g/mol. The molecule has 0 saturated carbocycles. The SMILES string of the molecule is O=S(=O)(O)c1ccc(Nc2n[c]nc(F)n2)c(S(=O)(=O)O)c1. The lowest BCUT2D eigenvalue weighted by Crippen LogP contribution is -2.08. The predicted molar refractivity (Wildman–Crippen MR) is 68.0 cm³/mol. The first-order valence-electron chi connectivity index (χ1n) is 5.21. The standard InChI is InChI=1S/C9H6FN4O6S2/c10-8-11-4-12-9(14-8)13-6-2-1-5(21(15,16)17)3-7(6)22(18,19)20/h1-3H,(H,15,16,17)(H,18,19,20)(H,11,12,13,14). The Morgan fingerprint density at radius 2 is 1.77 bits per heavy atom. The topological polar surface area (TPSA) is 159 Å². The number of nitrogens with one attached hydrogen (secondary N) is 1. The van der Waals surface area contributed by atoms with Gasteiger partial charge in [-0.1, -0.05) is 0 Å². The van der Waals surface area contributed by atoms with Crippen molar-refractivity contribution in [2.75, 3.05) is 5.32 Å². The molecular weight excluding hydrogens is 343 g/mol. The van der Waals surface area contributed by atoms with Crippen molar-refractivity contribution < 1.29 is 30.3 Å². The lowest BCUT2D eigenvalue weighted by Gasteiger charge is -2.09. The number of rotatable bonds is 4. The van der Waals surface area contributed by atoms with Gasteiger partial charge >= 0.3 is 6.08 Å². The highest BCUT2D eigenvalue weighted by Crippen LogP contribution is 2.26. The largest absolute Gasteiger partial charge is 0.323 e. The number of nitrogens with zero attached hydrogens (tertiary/aromatic N) is 3. The fourth-order valence-corrected chi connectivity index (χ4v) is 2.66. The van der Waals surface area contributed by atoms with E-state index in [4.69, 9.17) is 9.11 Å². The molecule has 1 radical (unpaired) electrons. The Morgan fingerprint density at radius 1 is 1.09 bits per heavy atom. The van der Waals surface area contributed by atoms with E-state index in [2.05, 4.69) is 20.3 Å².